The zero-order valence-electron chi connectivity index (χ0n) is 72.4. The van der Waals surface area contributed by atoms with Gasteiger partial charge in [0.2, 0.25) is 11.8 Å². The van der Waals surface area contributed by atoms with Gasteiger partial charge in [-0.3, -0.25) is 14.4 Å². The lowest BCUT2D eigenvalue weighted by molar-refractivity contribution is -0.134. The van der Waals surface area contributed by atoms with Crippen molar-refractivity contribution in [2.24, 2.45) is 65.1 Å². The number of aliphatic hydroxyl groups is 2. The predicted octanol–water partition coefficient (Wildman–Crippen LogP) is 13.6. The molecule has 0 bridgehead atoms. The highest BCUT2D eigenvalue weighted by Crippen LogP contribution is 2.45. The van der Waals surface area contributed by atoms with Crippen LogP contribution in [-0.4, -0.2) is 265 Å². The molecule has 8 aromatic heterocycles. The average Bonchev–Trinajstić information content (AvgIpc) is 1.67. The molecule has 31 nitrogen and oxygen atoms in total. The number of aliphatic hydroxyl groups excluding tert-OH is 2. The first-order valence-electron chi connectivity index (χ1n) is 43.5. The lowest BCUT2D eigenvalue weighted by Crippen LogP contribution is -2.39. The van der Waals surface area contributed by atoms with Crippen molar-refractivity contribution in [3.8, 4) is 0 Å². The molecular formula is C89H131ClN20O11. The van der Waals surface area contributed by atoms with Crippen LogP contribution in [0.4, 0.5) is 31.8 Å². The molecule has 5 amide bonds. The summed E-state index contributed by atoms with van der Waals surface area (Å²) in [5.74, 6) is 9.45. The van der Waals surface area contributed by atoms with Crippen LogP contribution in [0.3, 0.4) is 0 Å². The molecule has 5 saturated carbocycles. The number of aromatic nitrogens is 12. The Bertz CT molecular complexity index is 4680. The second-order valence-electron chi connectivity index (χ2n) is 38.0. The Hall–Kier alpha value is -9.49. The van der Waals surface area contributed by atoms with Crippen LogP contribution in [0.15, 0.2) is 74.4 Å². The van der Waals surface area contributed by atoms with E-state index in [-0.39, 0.29) is 56.3 Å². The topological polar surface area (TPSA) is 363 Å². The number of amides is 5. The molecule has 10 aliphatic rings. The summed E-state index contributed by atoms with van der Waals surface area (Å²) in [4.78, 5) is 134. The maximum Gasteiger partial charge on any atom is 0.410 e. The molecule has 0 radical (unpaired) electrons. The summed E-state index contributed by atoms with van der Waals surface area (Å²) >= 11 is 5.73. The number of halogens is 1. The molecule has 18 rings (SSSR count). The third kappa shape index (κ3) is 22.5. The van der Waals surface area contributed by atoms with Gasteiger partial charge in [-0.05, 0) is 229 Å². The zero-order valence-corrected chi connectivity index (χ0v) is 73.2. The Morgan fingerprint density at radius 3 is 1.06 bits per heavy atom. The second kappa shape index (κ2) is 39.4. The maximum atomic E-state index is 12.4. The number of fused-ring (bicyclic) bond motifs is 9. The highest BCUT2D eigenvalue weighted by Gasteiger charge is 2.46. The molecule has 10 fully saturated rings. The van der Waals surface area contributed by atoms with Crippen molar-refractivity contribution in [3.05, 3.63) is 79.5 Å². The number of carbonyl (C=O) groups excluding carboxylic acids is 6. The summed E-state index contributed by atoms with van der Waals surface area (Å²) in [7, 11) is 6.33. The molecule has 5 aliphatic heterocycles. The van der Waals surface area contributed by atoms with Crippen molar-refractivity contribution < 1.29 is 53.2 Å². The summed E-state index contributed by atoms with van der Waals surface area (Å²) in [5.41, 5.74) is 2.11. The smallest absolute Gasteiger partial charge is 0.410 e. The van der Waals surface area contributed by atoms with E-state index in [0.717, 1.165) is 202 Å². The van der Waals surface area contributed by atoms with Gasteiger partial charge in [0.1, 0.15) is 106 Å². The van der Waals surface area contributed by atoms with Gasteiger partial charge in [0.25, 0.3) is 0 Å². The van der Waals surface area contributed by atoms with Crippen LogP contribution in [0.1, 0.15) is 179 Å². The molecule has 5 saturated heterocycles. The SMILES string of the molecule is C.CC(C)(C)OC(=O)N1C[C@H]2CCC(=O)C[C@H]2C1.CCC1CC[C@@H]2CN(C(=O)OC(C)(C)C)C[C@@H]2C1.CN(c1ncnc2[nH]ccc12)C1CC[C@H]2CN(C(=O)OC(C)(C)C)C[C@H]2C1.CN(c1ncnc2[nH]ccc12)[C@@H]1CC[C@H]2CN(C(=O)CO)C[C@H]2C1.CN(c1ncnc2[nH]ccc12)[C@H]1CC[C@H]2CN(C(=O)CO)C[C@H]2C1.Clc1ncnc2[nH]ccc12. The number of likely N-dealkylation sites (tertiary alicyclic amines) is 5. The number of aromatic amines is 4. The van der Waals surface area contributed by atoms with E-state index in [9.17, 15) is 28.8 Å². The first-order valence-corrected chi connectivity index (χ1v) is 43.8. The van der Waals surface area contributed by atoms with Gasteiger partial charge in [0.05, 0.1) is 21.5 Å². The first-order chi connectivity index (χ1) is 57.3. The minimum Gasteiger partial charge on any atom is -0.444 e. The predicted molar refractivity (Wildman–Crippen MR) is 468 cm³/mol. The van der Waals surface area contributed by atoms with Crippen LogP contribution in [0.2, 0.25) is 5.15 Å². The number of hydrogen-bond acceptors (Lipinski definition) is 22. The molecule has 0 aromatic carbocycles. The van der Waals surface area contributed by atoms with Gasteiger partial charge >= 0.3 is 18.3 Å². The molecule has 0 spiro atoms. The van der Waals surface area contributed by atoms with Gasteiger partial charge in [0, 0.05) is 142 Å². The maximum absolute atomic E-state index is 12.4. The van der Waals surface area contributed by atoms with Crippen molar-refractivity contribution in [2.75, 3.05) is 115 Å². The van der Waals surface area contributed by atoms with Gasteiger partial charge < -0.3 is 83.6 Å². The third-order valence-electron chi connectivity index (χ3n) is 26.5. The quantitative estimate of drug-likeness (QED) is 0.0577. The van der Waals surface area contributed by atoms with Crippen molar-refractivity contribution in [2.45, 2.75) is 214 Å². The fraction of sp³-hybridized carbons (Fsp3) is 0.663. The number of H-pyrrole nitrogens is 4. The lowest BCUT2D eigenvalue weighted by Gasteiger charge is -2.37. The van der Waals surface area contributed by atoms with E-state index >= 15 is 0 Å². The number of ether oxygens (including phenoxy) is 3. The van der Waals surface area contributed by atoms with Gasteiger partial charge in [-0.25, -0.2) is 54.3 Å². The summed E-state index contributed by atoms with van der Waals surface area (Å²) in [5, 5.41) is 22.7. The summed E-state index contributed by atoms with van der Waals surface area (Å²) < 4.78 is 16.4. The number of nitrogens with one attached hydrogen (secondary N) is 4. The number of ketones is 1. The monoisotopic (exact) mass is 1690 g/mol. The molecule has 5 aliphatic carbocycles. The molecule has 660 valence electrons. The summed E-state index contributed by atoms with van der Waals surface area (Å²) in [6.45, 7) is 26.7. The lowest BCUT2D eigenvalue weighted by atomic mass is 9.75. The first kappa shape index (κ1) is 90.7. The molecule has 14 atom stereocenters. The Balaban J connectivity index is 0.000000135. The van der Waals surface area contributed by atoms with E-state index in [2.05, 4.69) is 103 Å². The summed E-state index contributed by atoms with van der Waals surface area (Å²) in [6.07, 6.45) is 30.6. The fourth-order valence-corrected chi connectivity index (χ4v) is 20.4. The minimum atomic E-state index is -0.444. The largest absolute Gasteiger partial charge is 0.444 e. The Kier molecular flexibility index (Phi) is 29.5. The van der Waals surface area contributed by atoms with Crippen LogP contribution in [-0.2, 0) is 28.6 Å². The van der Waals surface area contributed by atoms with Crippen molar-refractivity contribution in [1.29, 1.82) is 0 Å². The normalized spacial score (nSPS) is 26.0. The Labute approximate surface area is 716 Å². The van der Waals surface area contributed by atoms with E-state index < -0.39 is 11.2 Å². The summed E-state index contributed by atoms with van der Waals surface area (Å²) in [6, 6.07) is 9.18. The molecule has 8 aromatic rings. The van der Waals surface area contributed by atoms with E-state index in [1.807, 2.05) is 125 Å². The van der Waals surface area contributed by atoms with Crippen LogP contribution < -0.4 is 14.7 Å². The Morgan fingerprint density at radius 1 is 0.413 bits per heavy atom. The number of Topliss-reactive ketones (excluding diaryl/α,β-unsaturated/α-hetero) is 1. The van der Waals surface area contributed by atoms with Crippen LogP contribution in [0, 0.1) is 65.1 Å². The number of rotatable bonds is 9. The van der Waals surface area contributed by atoms with Crippen molar-refractivity contribution >= 4 is 109 Å². The number of anilines is 3. The van der Waals surface area contributed by atoms with Crippen LogP contribution in [0.5, 0.6) is 0 Å². The third-order valence-corrected chi connectivity index (χ3v) is 26.8. The molecule has 13 heterocycles. The van der Waals surface area contributed by atoms with Gasteiger partial charge in [-0.2, -0.15) is 0 Å². The highest BCUT2D eigenvalue weighted by molar-refractivity contribution is 6.33. The molecule has 121 heavy (non-hydrogen) atoms. The van der Waals surface area contributed by atoms with Gasteiger partial charge in [-0.15, -0.1) is 0 Å². The molecule has 32 heteroatoms. The molecule has 2 unspecified atom stereocenters. The highest BCUT2D eigenvalue weighted by atomic mass is 35.5. The zero-order chi connectivity index (χ0) is 85.5. The minimum absolute atomic E-state index is 0. The second-order valence-corrected chi connectivity index (χ2v) is 38.3. The Morgan fingerprint density at radius 2 is 0.711 bits per heavy atom. The van der Waals surface area contributed by atoms with Gasteiger partial charge in [-0.1, -0.05) is 38.8 Å². The standard InChI is InChI=1S/C20H29N5O2.2C17H23N5O2.C15H27NO2.C13H21NO3.C6H4ClN3.CH4/c1-20(2,3)27-19(26)25-10-13-5-6-15(9-14(13)11-25)24(4)18-16-7-8-21-17(16)22-12-23-18;2*1-21(17-14-4-5-18-16(14)19-10-20-17)13-3-2-11-7-22(15(24)9-23)8-12(11)6-13;1-5-11-6-7-12-9-16(10-13(12)8-11)14(17)18-15(2,3)4;1-13(2,3)17-12(16)14-7-9-4-5-11(15)6-10(9)8-14;7-5-4-1-2-8-6(4)10-3-9-5;/h7-8,12-15H,5-6,9-11H2,1-4H3,(H,21,22,23);2*4-5,10-13,23H,2-3,6-9H2,1H3,(H,18,19,20);11-13H,5-10H2,1-4H3;9-10H,4-8H2,1-3H3;1-3H,(H,8,9,10);1H4/t13-,14+,15?;11-,12+,13+;11-,12+,13-;11?,12-,13+;9-,10+;;/m00011../s1. The van der Waals surface area contributed by atoms with Gasteiger partial charge in [0.15, 0.2) is 0 Å². The van der Waals surface area contributed by atoms with E-state index in [4.69, 9.17) is 36.0 Å². The van der Waals surface area contributed by atoms with Crippen LogP contribution in [0.25, 0.3) is 44.1 Å². The van der Waals surface area contributed by atoms with E-state index in [0.29, 0.717) is 95.8 Å². The molecular weight excluding hydrogens is 1560 g/mol. The number of nitrogens with zero attached hydrogens (tertiary/aromatic N) is 16. The fourth-order valence-electron chi connectivity index (χ4n) is 20.2. The average molecular weight is 1690 g/mol. The number of carbonyl (C=O) groups is 6. The van der Waals surface area contributed by atoms with Crippen LogP contribution >= 0.6 is 11.6 Å². The van der Waals surface area contributed by atoms with E-state index in [1.165, 1.54) is 32.0 Å². The van der Waals surface area contributed by atoms with Crippen molar-refractivity contribution in [3.63, 3.8) is 0 Å². The molecule has 6 N–H and O–H groups in total. The number of hydrogen-bond donors (Lipinski definition) is 6. The van der Waals surface area contributed by atoms with E-state index in [1.54, 1.807) is 30.1 Å². The van der Waals surface area contributed by atoms with Crippen molar-refractivity contribution in [1.82, 2.24) is 84.3 Å².